The summed E-state index contributed by atoms with van der Waals surface area (Å²) in [5, 5.41) is 8.94. The van der Waals surface area contributed by atoms with Gasteiger partial charge in [-0.2, -0.15) is 5.26 Å². The van der Waals surface area contributed by atoms with Gasteiger partial charge < -0.3 is 9.15 Å². The molecule has 3 rings (SSSR count). The van der Waals surface area contributed by atoms with Crippen LogP contribution in [0.2, 0.25) is 0 Å². The van der Waals surface area contributed by atoms with Gasteiger partial charge in [0.2, 0.25) is 0 Å². The van der Waals surface area contributed by atoms with E-state index in [1.165, 1.54) is 13.2 Å². The lowest BCUT2D eigenvalue weighted by Crippen LogP contribution is -1.93. The molecule has 0 aliphatic rings. The van der Waals surface area contributed by atoms with E-state index < -0.39 is 5.97 Å². The summed E-state index contributed by atoms with van der Waals surface area (Å²) in [5.41, 5.74) is 4.29. The molecule has 0 N–H and O–H groups in total. The van der Waals surface area contributed by atoms with Gasteiger partial charge in [0.25, 0.3) is 0 Å². The summed E-state index contributed by atoms with van der Waals surface area (Å²) >= 11 is 0. The van der Waals surface area contributed by atoms with Gasteiger partial charge in [-0.3, -0.25) is 0 Å². The molecule has 0 bridgehead atoms. The standard InChI is InChI=1S/C21H15NO3/c1-24-21(23)9-6-16-11-18(17-7-4-15(14-22)5-8-17)13-19(12-16)20-3-2-10-25-20/h2-13H,1H3/b9-6+. The molecular weight excluding hydrogens is 314 g/mol. The minimum absolute atomic E-state index is 0.414. The first kappa shape index (κ1) is 16.3. The van der Waals surface area contributed by atoms with E-state index in [1.54, 1.807) is 24.5 Å². The number of carbonyl (C=O) groups excluding carboxylic acids is 1. The number of furan rings is 1. The maximum Gasteiger partial charge on any atom is 0.330 e. The van der Waals surface area contributed by atoms with Crippen molar-refractivity contribution in [3.8, 4) is 28.5 Å². The third kappa shape index (κ3) is 3.85. The molecule has 4 heteroatoms. The Morgan fingerprint density at radius 1 is 1.08 bits per heavy atom. The molecule has 2 aromatic carbocycles. The topological polar surface area (TPSA) is 63.2 Å². The predicted molar refractivity (Wildman–Crippen MR) is 95.3 cm³/mol. The average Bonchev–Trinajstić information content (AvgIpc) is 3.20. The SMILES string of the molecule is COC(=O)/C=C/c1cc(-c2ccc(C#N)cc2)cc(-c2ccco2)c1. The molecule has 3 aromatic rings. The molecule has 25 heavy (non-hydrogen) atoms. The van der Waals surface area contributed by atoms with Crippen LogP contribution in [0, 0.1) is 11.3 Å². The van der Waals surface area contributed by atoms with Gasteiger partial charge in [0, 0.05) is 11.6 Å². The number of carbonyl (C=O) groups is 1. The molecule has 0 aliphatic heterocycles. The van der Waals surface area contributed by atoms with Gasteiger partial charge in [0.1, 0.15) is 5.76 Å². The molecule has 0 radical (unpaired) electrons. The lowest BCUT2D eigenvalue weighted by Gasteiger charge is -2.07. The van der Waals surface area contributed by atoms with Crippen LogP contribution in [0.5, 0.6) is 0 Å². The first-order valence-electron chi connectivity index (χ1n) is 7.65. The maximum absolute atomic E-state index is 11.4. The number of nitriles is 1. The van der Waals surface area contributed by atoms with Crippen LogP contribution in [0.4, 0.5) is 0 Å². The van der Waals surface area contributed by atoms with Crippen molar-refractivity contribution < 1.29 is 13.9 Å². The van der Waals surface area contributed by atoms with Gasteiger partial charge in [-0.1, -0.05) is 12.1 Å². The van der Waals surface area contributed by atoms with Crippen molar-refractivity contribution in [1.29, 1.82) is 5.26 Å². The Morgan fingerprint density at radius 2 is 1.84 bits per heavy atom. The van der Waals surface area contributed by atoms with Gasteiger partial charge in [-0.15, -0.1) is 0 Å². The van der Waals surface area contributed by atoms with E-state index in [-0.39, 0.29) is 0 Å². The van der Waals surface area contributed by atoms with Crippen LogP contribution in [0.25, 0.3) is 28.5 Å². The number of esters is 1. The summed E-state index contributed by atoms with van der Waals surface area (Å²) in [6, 6.07) is 19.1. The fourth-order valence-corrected chi connectivity index (χ4v) is 2.47. The fourth-order valence-electron chi connectivity index (χ4n) is 2.47. The van der Waals surface area contributed by atoms with Gasteiger partial charge in [-0.25, -0.2) is 4.79 Å². The Labute approximate surface area is 145 Å². The van der Waals surface area contributed by atoms with Crippen molar-refractivity contribution in [1.82, 2.24) is 0 Å². The molecule has 0 saturated carbocycles. The van der Waals surface area contributed by atoms with Crippen LogP contribution >= 0.6 is 0 Å². The molecule has 0 unspecified atom stereocenters. The maximum atomic E-state index is 11.4. The number of nitrogens with zero attached hydrogens (tertiary/aromatic N) is 1. The molecule has 0 atom stereocenters. The number of rotatable bonds is 4. The zero-order valence-corrected chi connectivity index (χ0v) is 13.6. The zero-order chi connectivity index (χ0) is 17.6. The number of benzene rings is 2. The fraction of sp³-hybridized carbons (Fsp3) is 0.0476. The molecular formula is C21H15NO3. The monoisotopic (exact) mass is 329 g/mol. The minimum Gasteiger partial charge on any atom is -0.466 e. The van der Waals surface area contributed by atoms with Crippen molar-refractivity contribution in [3.63, 3.8) is 0 Å². The van der Waals surface area contributed by atoms with Crippen molar-refractivity contribution >= 4 is 12.0 Å². The van der Waals surface area contributed by atoms with Gasteiger partial charge in [-0.05, 0) is 65.2 Å². The summed E-state index contributed by atoms with van der Waals surface area (Å²) in [4.78, 5) is 11.4. The number of ether oxygens (including phenoxy) is 1. The second kappa shape index (κ2) is 7.33. The van der Waals surface area contributed by atoms with Crippen molar-refractivity contribution in [2.24, 2.45) is 0 Å². The summed E-state index contributed by atoms with van der Waals surface area (Å²) in [7, 11) is 1.34. The molecule has 0 saturated heterocycles. The van der Waals surface area contributed by atoms with Crippen molar-refractivity contribution in [3.05, 3.63) is 78.1 Å². The highest BCUT2D eigenvalue weighted by molar-refractivity contribution is 5.88. The molecule has 1 aromatic heterocycles. The molecule has 122 valence electrons. The molecule has 0 spiro atoms. The highest BCUT2D eigenvalue weighted by Gasteiger charge is 2.07. The van der Waals surface area contributed by atoms with Crippen molar-refractivity contribution in [2.45, 2.75) is 0 Å². The van der Waals surface area contributed by atoms with E-state index >= 15 is 0 Å². The van der Waals surface area contributed by atoms with Gasteiger partial charge in [0.05, 0.1) is 25.0 Å². The third-order valence-corrected chi connectivity index (χ3v) is 3.72. The van der Waals surface area contributed by atoms with Crippen LogP contribution in [0.15, 0.2) is 71.4 Å². The van der Waals surface area contributed by atoms with E-state index in [9.17, 15) is 4.79 Å². The quantitative estimate of drug-likeness (QED) is 0.515. The molecule has 1 heterocycles. The molecule has 4 nitrogen and oxygen atoms in total. The second-order valence-electron chi connectivity index (χ2n) is 5.37. The Balaban J connectivity index is 2.07. The number of hydrogen-bond donors (Lipinski definition) is 0. The largest absolute Gasteiger partial charge is 0.466 e. The second-order valence-corrected chi connectivity index (χ2v) is 5.37. The van der Waals surface area contributed by atoms with Crippen LogP contribution in [-0.2, 0) is 9.53 Å². The number of hydrogen-bond acceptors (Lipinski definition) is 4. The summed E-state index contributed by atoms with van der Waals surface area (Å²) in [6.07, 6.45) is 4.70. The molecule has 0 fully saturated rings. The summed E-state index contributed by atoms with van der Waals surface area (Å²) < 4.78 is 10.1. The summed E-state index contributed by atoms with van der Waals surface area (Å²) in [5.74, 6) is 0.325. The van der Waals surface area contributed by atoms with E-state index in [0.717, 1.165) is 28.0 Å². The normalized spacial score (nSPS) is 10.6. The van der Waals surface area contributed by atoms with Gasteiger partial charge >= 0.3 is 5.97 Å². The predicted octanol–water partition coefficient (Wildman–Crippen LogP) is 4.67. The molecule has 0 aliphatic carbocycles. The van der Waals surface area contributed by atoms with Crippen LogP contribution in [0.1, 0.15) is 11.1 Å². The van der Waals surface area contributed by atoms with Crippen molar-refractivity contribution in [2.75, 3.05) is 7.11 Å². The lowest BCUT2D eigenvalue weighted by molar-refractivity contribution is -0.134. The van der Waals surface area contributed by atoms with E-state index in [1.807, 2.05) is 42.5 Å². The summed E-state index contributed by atoms with van der Waals surface area (Å²) in [6.45, 7) is 0. The Hall–Kier alpha value is -3.58. The van der Waals surface area contributed by atoms with E-state index in [0.29, 0.717) is 5.56 Å². The lowest BCUT2D eigenvalue weighted by atomic mass is 9.98. The minimum atomic E-state index is -0.414. The Kier molecular flexibility index (Phi) is 4.77. The Bertz CT molecular complexity index is 946. The Morgan fingerprint density at radius 3 is 2.48 bits per heavy atom. The van der Waals surface area contributed by atoms with Crippen LogP contribution in [0.3, 0.4) is 0 Å². The van der Waals surface area contributed by atoms with E-state index in [4.69, 9.17) is 9.68 Å². The highest BCUT2D eigenvalue weighted by Crippen LogP contribution is 2.29. The third-order valence-electron chi connectivity index (χ3n) is 3.72. The number of methoxy groups -OCH3 is 1. The zero-order valence-electron chi connectivity index (χ0n) is 13.6. The van der Waals surface area contributed by atoms with E-state index in [2.05, 4.69) is 10.8 Å². The molecule has 0 amide bonds. The highest BCUT2D eigenvalue weighted by atomic mass is 16.5. The average molecular weight is 329 g/mol. The van der Waals surface area contributed by atoms with Gasteiger partial charge in [0.15, 0.2) is 0 Å². The van der Waals surface area contributed by atoms with Crippen LogP contribution < -0.4 is 0 Å². The first-order valence-corrected chi connectivity index (χ1v) is 7.65. The first-order chi connectivity index (χ1) is 12.2. The van der Waals surface area contributed by atoms with Crippen LogP contribution in [-0.4, -0.2) is 13.1 Å². The smallest absolute Gasteiger partial charge is 0.330 e.